The minimum absolute atomic E-state index is 0.0699. The first kappa shape index (κ1) is 22.2. The third-order valence-corrected chi connectivity index (χ3v) is 6.51. The summed E-state index contributed by atoms with van der Waals surface area (Å²) in [5.74, 6) is -0.197. The van der Waals surface area contributed by atoms with E-state index in [0.29, 0.717) is 0 Å². The van der Waals surface area contributed by atoms with Crippen molar-refractivity contribution in [3.8, 4) is 11.1 Å². The number of nitrogens with one attached hydrogen (secondary N) is 2. The number of ether oxygens (including phenoxy) is 2. The number of rotatable bonds is 4. The smallest absolute Gasteiger partial charge is 0.414 e. The second kappa shape index (κ2) is 10.1. The van der Waals surface area contributed by atoms with Gasteiger partial charge in [0, 0.05) is 20.8 Å². The van der Waals surface area contributed by atoms with Crippen molar-refractivity contribution < 1.29 is 25.9 Å². The lowest BCUT2D eigenvalue weighted by molar-refractivity contribution is -0.00632. The molecule has 1 saturated heterocycles. The van der Waals surface area contributed by atoms with E-state index in [1.54, 1.807) is 0 Å². The predicted molar refractivity (Wildman–Crippen MR) is 135 cm³/mol. The summed E-state index contributed by atoms with van der Waals surface area (Å²) in [6.07, 6.45) is -1.19. The Bertz CT molecular complexity index is 1500. The SMILES string of the molecule is [2H]C[C@H]1O[C@@H](n2cnc3c(=O)[nH]c(NC(=O)OCC4c5ccccc5-c5ccccc54)nc32)C[C@H]1O.[3H]OC. The van der Waals surface area contributed by atoms with Crippen molar-refractivity contribution in [2.24, 2.45) is 0 Å². The molecule has 4 aromatic rings. The first-order valence-corrected chi connectivity index (χ1v) is 11.7. The van der Waals surface area contributed by atoms with Crippen LogP contribution in [0, 0.1) is 0 Å². The molecule has 1 fully saturated rings. The van der Waals surface area contributed by atoms with Gasteiger partial charge in [-0.1, -0.05) is 48.5 Å². The van der Waals surface area contributed by atoms with Crippen LogP contribution in [-0.4, -0.2) is 63.2 Å². The summed E-state index contributed by atoms with van der Waals surface area (Å²) in [6, 6.07) is 16.1. The van der Waals surface area contributed by atoms with Gasteiger partial charge in [0.15, 0.2) is 11.2 Å². The lowest BCUT2D eigenvalue weighted by atomic mass is 9.98. The van der Waals surface area contributed by atoms with Crippen molar-refractivity contribution in [3.05, 3.63) is 76.3 Å². The first-order chi connectivity index (χ1) is 18.9. The van der Waals surface area contributed by atoms with Gasteiger partial charge in [0.1, 0.15) is 12.8 Å². The number of benzene rings is 2. The maximum Gasteiger partial charge on any atom is 0.414 e. The molecule has 2 aromatic carbocycles. The summed E-state index contributed by atoms with van der Waals surface area (Å²) >= 11 is 0. The van der Waals surface area contributed by atoms with Crippen LogP contribution >= 0.6 is 0 Å². The Morgan fingerprint density at radius 3 is 2.62 bits per heavy atom. The fourth-order valence-corrected chi connectivity index (χ4v) is 4.81. The molecule has 11 nitrogen and oxygen atoms in total. The third kappa shape index (κ3) is 4.48. The molecule has 3 heterocycles. The van der Waals surface area contributed by atoms with Crippen molar-refractivity contribution in [2.45, 2.75) is 37.7 Å². The number of aliphatic hydroxyl groups excluding tert-OH is 2. The molecule has 11 heteroatoms. The Morgan fingerprint density at radius 1 is 1.30 bits per heavy atom. The number of anilines is 1. The topological polar surface area (TPSA) is 152 Å². The fourth-order valence-electron chi connectivity index (χ4n) is 4.81. The number of imidazole rings is 1. The van der Waals surface area contributed by atoms with Crippen LogP contribution in [0.15, 0.2) is 59.7 Å². The Kier molecular flexibility index (Phi) is 6.07. The number of hydrogen-bond donors (Lipinski definition) is 4. The summed E-state index contributed by atoms with van der Waals surface area (Å²) in [6.45, 7) is 0.0273. The molecule has 0 saturated carbocycles. The zero-order valence-electron chi connectivity index (χ0n) is 22.0. The van der Waals surface area contributed by atoms with Gasteiger partial charge in [0.05, 0.1) is 18.5 Å². The van der Waals surface area contributed by atoms with Gasteiger partial charge in [-0.05, 0) is 29.2 Å². The number of aromatic amines is 1. The number of aliphatic hydroxyl groups is 2. The van der Waals surface area contributed by atoms with E-state index in [9.17, 15) is 14.7 Å². The number of amides is 1. The number of carbonyl (C=O) groups excluding carboxylic acids is 1. The van der Waals surface area contributed by atoms with Crippen LogP contribution in [0.1, 0.15) is 38.0 Å². The van der Waals surface area contributed by atoms with Gasteiger partial charge < -0.3 is 19.7 Å². The van der Waals surface area contributed by atoms with E-state index in [0.717, 1.165) is 22.3 Å². The highest BCUT2D eigenvalue weighted by Crippen LogP contribution is 2.44. The molecule has 0 unspecified atom stereocenters. The first-order valence-electron chi connectivity index (χ1n) is 12.8. The van der Waals surface area contributed by atoms with E-state index in [4.69, 9.17) is 12.3 Å². The predicted octanol–water partition coefficient (Wildman–Crippen LogP) is 2.76. The number of carbonyl (C=O) groups is 1. The van der Waals surface area contributed by atoms with Gasteiger partial charge in [0.2, 0.25) is 7.38 Å². The molecular weight excluding hydrogens is 478 g/mol. The molecule has 3 atom stereocenters. The van der Waals surface area contributed by atoms with E-state index < -0.39 is 30.1 Å². The summed E-state index contributed by atoms with van der Waals surface area (Å²) in [7, 11) is 1.29. The molecule has 0 radical (unpaired) electrons. The molecule has 2 aromatic heterocycles. The van der Waals surface area contributed by atoms with Gasteiger partial charge >= 0.3 is 6.09 Å². The maximum atomic E-state index is 12.6. The zero-order chi connectivity index (χ0) is 27.5. The minimum atomic E-state index is -0.801. The van der Waals surface area contributed by atoms with Gasteiger partial charge in [-0.15, -0.1) is 0 Å². The summed E-state index contributed by atoms with van der Waals surface area (Å²) in [4.78, 5) is 36.1. The summed E-state index contributed by atoms with van der Waals surface area (Å²) in [5.41, 5.74) is 4.15. The Balaban J connectivity index is 0.000000983. The van der Waals surface area contributed by atoms with Crippen LogP contribution in [0.25, 0.3) is 22.3 Å². The molecule has 1 aliphatic heterocycles. The molecule has 0 spiro atoms. The van der Waals surface area contributed by atoms with Crippen LogP contribution in [-0.2, 0) is 9.47 Å². The fraction of sp³-hybridized carbons (Fsp3) is 0.308. The van der Waals surface area contributed by atoms with E-state index in [2.05, 4.69) is 37.5 Å². The molecule has 37 heavy (non-hydrogen) atoms. The van der Waals surface area contributed by atoms with E-state index in [1.807, 2.05) is 36.4 Å². The lowest BCUT2D eigenvalue weighted by Gasteiger charge is -2.15. The van der Waals surface area contributed by atoms with E-state index in [-0.39, 0.29) is 43.0 Å². The van der Waals surface area contributed by atoms with Gasteiger partial charge in [-0.2, -0.15) is 4.98 Å². The number of hydrogen-bond acceptors (Lipinski definition) is 8. The molecule has 4 N–H and O–H groups in total. The average molecular weight is 509 g/mol. The van der Waals surface area contributed by atoms with Crippen molar-refractivity contribution in [2.75, 3.05) is 19.0 Å². The molecular formula is C26H27N5O6. The van der Waals surface area contributed by atoms with Crippen molar-refractivity contribution >= 4 is 23.2 Å². The largest absolute Gasteiger partial charge is 0.448 e. The normalized spacial score (nSPS) is 20.9. The van der Waals surface area contributed by atoms with Gasteiger partial charge in [-0.25, -0.2) is 9.78 Å². The van der Waals surface area contributed by atoms with Crippen molar-refractivity contribution in [3.63, 3.8) is 0 Å². The Hall–Kier alpha value is -4.06. The second-order valence-electron chi connectivity index (χ2n) is 8.62. The van der Waals surface area contributed by atoms with Gasteiger partial charge in [0.25, 0.3) is 5.56 Å². The van der Waals surface area contributed by atoms with Crippen molar-refractivity contribution in [1.29, 1.82) is 1.43 Å². The number of nitrogens with zero attached hydrogens (tertiary/aromatic N) is 3. The van der Waals surface area contributed by atoms with E-state index in [1.165, 1.54) is 18.0 Å². The summed E-state index contributed by atoms with van der Waals surface area (Å²) in [5, 5.41) is 16.1. The summed E-state index contributed by atoms with van der Waals surface area (Å²) < 4.78 is 26.0. The second-order valence-corrected chi connectivity index (χ2v) is 8.62. The molecule has 6 rings (SSSR count). The van der Waals surface area contributed by atoms with E-state index >= 15 is 0 Å². The standard InChI is InChI=1S/C25H23N5O5.CH4O/c1-13-19(31)10-20(35-13)30-12-26-21-22(30)27-24(28-23(21)32)29-25(33)34-11-18-16-8-4-2-6-14(16)15-7-3-5-9-17(15)18;1-2/h2-9,12-13,18-20,31H,10-11H2,1H3,(H2,27,28,29,32,33);2H,1H3/t13-,19-,20-;/m1./s1/i1D;2T. The monoisotopic (exact) mass is 508 g/mol. The highest BCUT2D eigenvalue weighted by molar-refractivity contribution is 5.84. The maximum absolute atomic E-state index is 12.6. The highest BCUT2D eigenvalue weighted by atomic mass is 16.5. The van der Waals surface area contributed by atoms with Crippen LogP contribution in [0.2, 0.25) is 0 Å². The molecule has 1 amide bonds. The zero-order valence-corrected chi connectivity index (χ0v) is 20.0. The van der Waals surface area contributed by atoms with Crippen LogP contribution in [0.3, 0.4) is 0 Å². The highest BCUT2D eigenvalue weighted by Gasteiger charge is 2.33. The number of fused-ring (bicyclic) bond motifs is 4. The van der Waals surface area contributed by atoms with Gasteiger partial charge in [-0.3, -0.25) is 19.7 Å². The lowest BCUT2D eigenvalue weighted by Crippen LogP contribution is -2.22. The molecule has 192 valence electrons. The third-order valence-electron chi connectivity index (χ3n) is 6.51. The van der Waals surface area contributed by atoms with Crippen molar-refractivity contribution in [1.82, 2.24) is 19.5 Å². The Labute approximate surface area is 214 Å². The number of aromatic nitrogens is 4. The molecule has 2 aliphatic rings. The number of H-pyrrole nitrogens is 1. The van der Waals surface area contributed by atoms with Crippen LogP contribution in [0.4, 0.5) is 10.7 Å². The van der Waals surface area contributed by atoms with Crippen LogP contribution < -0.4 is 10.9 Å². The molecule has 0 bridgehead atoms. The Morgan fingerprint density at radius 2 is 1.97 bits per heavy atom. The van der Waals surface area contributed by atoms with Crippen LogP contribution in [0.5, 0.6) is 0 Å². The average Bonchev–Trinajstić information content (AvgIpc) is 3.61. The quantitative estimate of drug-likeness (QED) is 0.328. The minimum Gasteiger partial charge on any atom is -0.448 e. The molecule has 1 aliphatic carbocycles.